The largest absolute Gasteiger partial charge is 0.484 e. The zero-order valence-electron chi connectivity index (χ0n) is 15.4. The number of carbonyl (C=O) groups excluding carboxylic acids is 2. The van der Waals surface area contributed by atoms with E-state index in [1.54, 1.807) is 4.90 Å². The van der Waals surface area contributed by atoms with E-state index in [0.717, 1.165) is 12.1 Å². The highest BCUT2D eigenvalue weighted by atomic mass is 19.4. The molecule has 0 aromatic heterocycles. The third-order valence-electron chi connectivity index (χ3n) is 4.07. The lowest BCUT2D eigenvalue weighted by Crippen LogP contribution is -2.52. The van der Waals surface area contributed by atoms with E-state index in [9.17, 15) is 22.8 Å². The maximum Gasteiger partial charge on any atom is 0.416 e. The fourth-order valence-corrected chi connectivity index (χ4v) is 2.72. The van der Waals surface area contributed by atoms with Gasteiger partial charge in [0, 0.05) is 32.2 Å². The quantitative estimate of drug-likeness (QED) is 0.808. The van der Waals surface area contributed by atoms with Crippen molar-refractivity contribution in [2.24, 2.45) is 0 Å². The second kappa shape index (κ2) is 9.07. The van der Waals surface area contributed by atoms with Gasteiger partial charge in [-0.25, -0.2) is 0 Å². The molecule has 0 bridgehead atoms. The smallest absolute Gasteiger partial charge is 0.416 e. The van der Waals surface area contributed by atoms with E-state index in [1.807, 2.05) is 18.7 Å². The van der Waals surface area contributed by atoms with Crippen LogP contribution in [0.15, 0.2) is 24.3 Å². The van der Waals surface area contributed by atoms with E-state index >= 15 is 0 Å². The summed E-state index contributed by atoms with van der Waals surface area (Å²) in [6.07, 6.45) is -4.46. The molecule has 0 aliphatic carbocycles. The van der Waals surface area contributed by atoms with E-state index < -0.39 is 11.7 Å². The first-order valence-corrected chi connectivity index (χ1v) is 8.74. The van der Waals surface area contributed by atoms with Crippen molar-refractivity contribution in [1.82, 2.24) is 15.1 Å². The standard InChI is InChI=1S/C18H24F3N3O3/c1-13(2)22-16(25)11-23-6-8-24(9-7-23)17(26)12-27-15-5-3-4-14(10-15)18(19,20)21/h3-5,10,13H,6-9,11-12H2,1-2H3,(H,22,25). The summed E-state index contributed by atoms with van der Waals surface area (Å²) in [5.74, 6) is -0.349. The zero-order chi connectivity index (χ0) is 20.0. The molecule has 1 saturated heterocycles. The molecule has 6 nitrogen and oxygen atoms in total. The van der Waals surface area contributed by atoms with Crippen LogP contribution in [0.5, 0.6) is 5.75 Å². The molecule has 2 rings (SSSR count). The molecule has 0 spiro atoms. The Hall–Kier alpha value is -2.29. The molecule has 1 aromatic rings. The molecule has 0 atom stereocenters. The summed E-state index contributed by atoms with van der Waals surface area (Å²) in [6.45, 7) is 5.73. The third kappa shape index (κ3) is 6.74. The van der Waals surface area contributed by atoms with Crippen molar-refractivity contribution in [2.75, 3.05) is 39.3 Å². The minimum absolute atomic E-state index is 0.00201. The lowest BCUT2D eigenvalue weighted by atomic mass is 10.2. The van der Waals surface area contributed by atoms with Gasteiger partial charge in [0.25, 0.3) is 5.91 Å². The minimum atomic E-state index is -4.46. The maximum atomic E-state index is 12.7. The van der Waals surface area contributed by atoms with Crippen LogP contribution < -0.4 is 10.1 Å². The molecular formula is C18H24F3N3O3. The Morgan fingerprint density at radius 2 is 1.85 bits per heavy atom. The molecule has 27 heavy (non-hydrogen) atoms. The van der Waals surface area contributed by atoms with Crippen molar-refractivity contribution in [2.45, 2.75) is 26.1 Å². The van der Waals surface area contributed by atoms with E-state index in [1.165, 1.54) is 12.1 Å². The molecule has 0 unspecified atom stereocenters. The van der Waals surface area contributed by atoms with Crippen molar-refractivity contribution in [3.63, 3.8) is 0 Å². The second-order valence-corrected chi connectivity index (χ2v) is 6.69. The van der Waals surface area contributed by atoms with Gasteiger partial charge in [0.1, 0.15) is 5.75 Å². The van der Waals surface area contributed by atoms with Crippen LogP contribution in [-0.2, 0) is 15.8 Å². The van der Waals surface area contributed by atoms with Gasteiger partial charge in [-0.2, -0.15) is 13.2 Å². The van der Waals surface area contributed by atoms with Crippen LogP contribution in [0.1, 0.15) is 19.4 Å². The molecule has 1 aliphatic rings. The Morgan fingerprint density at radius 3 is 2.44 bits per heavy atom. The Morgan fingerprint density at radius 1 is 1.19 bits per heavy atom. The Balaban J connectivity index is 1.77. The number of piperazine rings is 1. The molecule has 0 saturated carbocycles. The second-order valence-electron chi connectivity index (χ2n) is 6.69. The van der Waals surface area contributed by atoms with Crippen molar-refractivity contribution in [1.29, 1.82) is 0 Å². The molecule has 1 N–H and O–H groups in total. The van der Waals surface area contributed by atoms with Gasteiger partial charge in [-0.05, 0) is 32.0 Å². The first kappa shape index (κ1) is 21.0. The van der Waals surface area contributed by atoms with Crippen molar-refractivity contribution in [3.8, 4) is 5.75 Å². The highest BCUT2D eigenvalue weighted by molar-refractivity contribution is 5.79. The monoisotopic (exact) mass is 387 g/mol. The van der Waals surface area contributed by atoms with Crippen LogP contribution in [0.4, 0.5) is 13.2 Å². The van der Waals surface area contributed by atoms with E-state index in [4.69, 9.17) is 4.74 Å². The molecule has 1 aliphatic heterocycles. The average Bonchev–Trinajstić information content (AvgIpc) is 2.59. The molecular weight excluding hydrogens is 363 g/mol. The normalized spacial score (nSPS) is 15.7. The molecule has 0 radical (unpaired) electrons. The van der Waals surface area contributed by atoms with Crippen LogP contribution in [0, 0.1) is 0 Å². The summed E-state index contributed by atoms with van der Waals surface area (Å²) in [5.41, 5.74) is -0.819. The van der Waals surface area contributed by atoms with Gasteiger partial charge in [-0.3, -0.25) is 14.5 Å². The number of halogens is 3. The predicted molar refractivity (Wildman–Crippen MR) is 93.2 cm³/mol. The van der Waals surface area contributed by atoms with Gasteiger partial charge in [-0.15, -0.1) is 0 Å². The van der Waals surface area contributed by atoms with Crippen molar-refractivity contribution in [3.05, 3.63) is 29.8 Å². The van der Waals surface area contributed by atoms with Gasteiger partial charge in [0.15, 0.2) is 6.61 Å². The Bertz CT molecular complexity index is 657. The van der Waals surface area contributed by atoms with Crippen molar-refractivity contribution >= 4 is 11.8 Å². The Labute approximate surface area is 156 Å². The van der Waals surface area contributed by atoms with Crippen LogP contribution >= 0.6 is 0 Å². The number of hydrogen-bond acceptors (Lipinski definition) is 4. The summed E-state index contributed by atoms with van der Waals surface area (Å²) in [6, 6.07) is 4.52. The SMILES string of the molecule is CC(C)NC(=O)CN1CCN(C(=O)COc2cccc(C(F)(F)F)c2)CC1. The lowest BCUT2D eigenvalue weighted by Gasteiger charge is -2.34. The summed E-state index contributed by atoms with van der Waals surface area (Å²) < 4.78 is 43.3. The van der Waals surface area contributed by atoms with Crippen LogP contribution in [0.25, 0.3) is 0 Å². The lowest BCUT2D eigenvalue weighted by molar-refractivity contribution is -0.137. The average molecular weight is 387 g/mol. The molecule has 1 heterocycles. The minimum Gasteiger partial charge on any atom is -0.484 e. The predicted octanol–water partition coefficient (Wildman–Crippen LogP) is 1.75. The summed E-state index contributed by atoms with van der Waals surface area (Å²) in [7, 11) is 0. The first-order valence-electron chi connectivity index (χ1n) is 8.74. The number of rotatable bonds is 6. The van der Waals surface area contributed by atoms with E-state index in [2.05, 4.69) is 5.32 Å². The number of hydrogen-bond donors (Lipinski definition) is 1. The molecule has 2 amide bonds. The number of nitrogens with one attached hydrogen (secondary N) is 1. The number of amides is 2. The van der Waals surface area contributed by atoms with Crippen LogP contribution in [0.3, 0.4) is 0 Å². The molecule has 1 fully saturated rings. The van der Waals surface area contributed by atoms with E-state index in [-0.39, 0.29) is 36.8 Å². The van der Waals surface area contributed by atoms with Crippen LogP contribution in [-0.4, -0.2) is 67.0 Å². The van der Waals surface area contributed by atoms with E-state index in [0.29, 0.717) is 26.2 Å². The molecule has 150 valence electrons. The number of ether oxygens (including phenoxy) is 1. The molecule has 9 heteroatoms. The van der Waals surface area contributed by atoms with Gasteiger partial charge in [-0.1, -0.05) is 6.07 Å². The summed E-state index contributed by atoms with van der Waals surface area (Å²) in [4.78, 5) is 27.5. The summed E-state index contributed by atoms with van der Waals surface area (Å²) >= 11 is 0. The highest BCUT2D eigenvalue weighted by Gasteiger charge is 2.30. The topological polar surface area (TPSA) is 61.9 Å². The van der Waals surface area contributed by atoms with Gasteiger partial charge >= 0.3 is 6.18 Å². The highest BCUT2D eigenvalue weighted by Crippen LogP contribution is 2.31. The maximum absolute atomic E-state index is 12.7. The number of benzene rings is 1. The zero-order valence-corrected chi connectivity index (χ0v) is 15.4. The number of alkyl halides is 3. The molecule has 1 aromatic carbocycles. The Kier molecular flexibility index (Phi) is 7.06. The number of carbonyl (C=O) groups is 2. The van der Waals surface area contributed by atoms with Crippen LogP contribution in [0.2, 0.25) is 0 Å². The first-order chi connectivity index (χ1) is 12.6. The fourth-order valence-electron chi connectivity index (χ4n) is 2.72. The third-order valence-corrected chi connectivity index (χ3v) is 4.07. The van der Waals surface area contributed by atoms with Gasteiger partial charge in [0.05, 0.1) is 12.1 Å². The van der Waals surface area contributed by atoms with Gasteiger partial charge < -0.3 is 15.0 Å². The number of nitrogens with zero attached hydrogens (tertiary/aromatic N) is 2. The summed E-state index contributed by atoms with van der Waals surface area (Å²) in [5, 5.41) is 2.82. The van der Waals surface area contributed by atoms with Gasteiger partial charge in [0.2, 0.25) is 5.91 Å². The fraction of sp³-hybridized carbons (Fsp3) is 0.556. The van der Waals surface area contributed by atoms with Crippen molar-refractivity contribution < 1.29 is 27.5 Å².